The minimum Gasteiger partial charge on any atom is -0.388 e. The first kappa shape index (κ1) is 19.2. The molecule has 7 nitrogen and oxygen atoms in total. The highest BCUT2D eigenvalue weighted by atomic mass is 35.5. The van der Waals surface area contributed by atoms with E-state index in [9.17, 15) is 13.2 Å². The van der Waals surface area contributed by atoms with E-state index < -0.39 is 11.7 Å². The highest BCUT2D eigenvalue weighted by Gasteiger charge is 2.32. The van der Waals surface area contributed by atoms with Crippen LogP contribution in [0, 0.1) is 22.7 Å². The molecule has 0 amide bonds. The van der Waals surface area contributed by atoms with Crippen molar-refractivity contribution in [3.63, 3.8) is 0 Å². The first-order valence-corrected chi connectivity index (χ1v) is 7.26. The Kier molecular flexibility index (Phi) is 5.50. The smallest absolute Gasteiger partial charge is 0.388 e. The van der Waals surface area contributed by atoms with Crippen molar-refractivity contribution < 1.29 is 13.2 Å². The second-order valence-electron chi connectivity index (χ2n) is 4.62. The van der Waals surface area contributed by atoms with Crippen LogP contribution in [0.5, 0.6) is 0 Å². The van der Waals surface area contributed by atoms with Crippen LogP contribution in [0.2, 0.25) is 10.0 Å². The Morgan fingerprint density at radius 2 is 1.85 bits per heavy atom. The molecule has 0 spiro atoms. The maximum atomic E-state index is 12.8. The topological polar surface area (TPSA) is 117 Å². The van der Waals surface area contributed by atoms with E-state index in [1.54, 1.807) is 12.1 Å². The van der Waals surface area contributed by atoms with E-state index in [-0.39, 0.29) is 32.8 Å². The zero-order chi connectivity index (χ0) is 19.5. The van der Waals surface area contributed by atoms with Gasteiger partial charge < -0.3 is 5.73 Å². The highest BCUT2D eigenvalue weighted by molar-refractivity contribution is 6.37. The lowest BCUT2D eigenvalue weighted by Crippen LogP contribution is -2.07. The molecule has 0 fully saturated rings. The van der Waals surface area contributed by atoms with Gasteiger partial charge in [0.05, 0.1) is 28.0 Å². The van der Waals surface area contributed by atoms with E-state index in [4.69, 9.17) is 39.5 Å². The van der Waals surface area contributed by atoms with Gasteiger partial charge in [0.15, 0.2) is 5.70 Å². The van der Waals surface area contributed by atoms with Crippen LogP contribution in [0.4, 0.5) is 13.2 Å². The molecule has 0 unspecified atom stereocenters. The number of hydrogen-bond donors (Lipinski definition) is 1. The van der Waals surface area contributed by atoms with Crippen molar-refractivity contribution in [2.24, 2.45) is 10.7 Å². The number of hydrogen-bond acceptors (Lipinski definition) is 6. The molecule has 26 heavy (non-hydrogen) atoms. The van der Waals surface area contributed by atoms with Gasteiger partial charge in [-0.3, -0.25) is 0 Å². The van der Waals surface area contributed by atoms with Crippen LogP contribution in [-0.2, 0) is 6.18 Å². The number of nitrogens with zero attached hydrogens (tertiary/aromatic N) is 6. The third kappa shape index (κ3) is 4.11. The lowest BCUT2D eigenvalue weighted by molar-refractivity contribution is -0.137. The molecule has 0 aliphatic carbocycles. The number of alkyl halides is 3. The van der Waals surface area contributed by atoms with Crippen LogP contribution in [-0.4, -0.2) is 21.2 Å². The first-order chi connectivity index (χ1) is 12.2. The predicted molar refractivity (Wildman–Crippen MR) is 86.4 cm³/mol. The van der Waals surface area contributed by atoms with Gasteiger partial charge in [-0.1, -0.05) is 28.4 Å². The minimum atomic E-state index is -4.60. The van der Waals surface area contributed by atoms with Crippen LogP contribution >= 0.6 is 23.2 Å². The second-order valence-corrected chi connectivity index (χ2v) is 5.43. The van der Waals surface area contributed by atoms with Gasteiger partial charge >= 0.3 is 6.18 Å². The van der Waals surface area contributed by atoms with Crippen molar-refractivity contribution in [2.45, 2.75) is 6.18 Å². The van der Waals surface area contributed by atoms with E-state index in [0.717, 1.165) is 10.9 Å². The van der Waals surface area contributed by atoms with Crippen molar-refractivity contribution in [2.75, 3.05) is 0 Å². The molecule has 12 heteroatoms. The molecule has 1 heterocycles. The Hall–Kier alpha value is -3.08. The molecule has 2 rings (SSSR count). The number of aliphatic imine (C=N–C) groups is 1. The van der Waals surface area contributed by atoms with Crippen molar-refractivity contribution in [1.82, 2.24) is 15.0 Å². The molecular formula is C14H6Cl2F3N7. The third-order valence-corrected chi connectivity index (χ3v) is 3.47. The maximum Gasteiger partial charge on any atom is 0.416 e. The Bertz CT molecular complexity index is 970. The van der Waals surface area contributed by atoms with E-state index in [1.165, 1.54) is 6.20 Å². The summed E-state index contributed by atoms with van der Waals surface area (Å²) in [5.41, 5.74) is 3.68. The Morgan fingerprint density at radius 1 is 1.23 bits per heavy atom. The zero-order valence-corrected chi connectivity index (χ0v) is 14.0. The van der Waals surface area contributed by atoms with Crippen molar-refractivity contribution in [1.29, 1.82) is 10.5 Å². The number of nitriles is 2. The molecule has 0 atom stereocenters. The lowest BCUT2D eigenvalue weighted by Gasteiger charge is -2.11. The molecule has 2 aromatic rings. The SMILES string of the molecule is N#CC(N)=C(C#N)N=Cc1cn(-c2c(Cl)cc(C(F)(F)F)cc2Cl)nn1. The van der Waals surface area contributed by atoms with Crippen LogP contribution in [0.25, 0.3) is 5.69 Å². The summed E-state index contributed by atoms with van der Waals surface area (Å²) in [5.74, 6) is 0. The summed E-state index contributed by atoms with van der Waals surface area (Å²) in [5, 5.41) is 24.3. The van der Waals surface area contributed by atoms with Gasteiger partial charge in [0, 0.05) is 0 Å². The Morgan fingerprint density at radius 3 is 2.35 bits per heavy atom. The number of aromatic nitrogens is 3. The van der Waals surface area contributed by atoms with Gasteiger partial charge in [0.25, 0.3) is 0 Å². The molecule has 1 aromatic carbocycles. The highest BCUT2D eigenvalue weighted by Crippen LogP contribution is 2.37. The Labute approximate surface area is 154 Å². The largest absolute Gasteiger partial charge is 0.416 e. The molecule has 0 saturated carbocycles. The minimum absolute atomic E-state index is 0.0129. The van der Waals surface area contributed by atoms with E-state index in [2.05, 4.69) is 15.3 Å². The predicted octanol–water partition coefficient (Wildman–Crippen LogP) is 3.23. The number of halogens is 5. The van der Waals surface area contributed by atoms with Gasteiger partial charge in [-0.25, -0.2) is 9.67 Å². The standard InChI is InChI=1S/C14H6Cl2F3N7/c15-9-1-7(14(17,18)19)2-10(16)13(9)26-6-8(24-25-26)5-23-12(4-21)11(22)3-20/h1-2,5-6H,22H2. The fraction of sp³-hybridized carbons (Fsp3) is 0.0714. The first-order valence-electron chi connectivity index (χ1n) is 6.50. The van der Waals surface area contributed by atoms with E-state index in [1.807, 2.05) is 0 Å². The number of allylic oxidation sites excluding steroid dienone is 2. The van der Waals surface area contributed by atoms with Crippen LogP contribution in [0.3, 0.4) is 0 Å². The number of rotatable bonds is 3. The summed E-state index contributed by atoms with van der Waals surface area (Å²) in [6, 6.07) is 4.62. The van der Waals surface area contributed by atoms with Crippen LogP contribution in [0.1, 0.15) is 11.3 Å². The molecule has 2 N–H and O–H groups in total. The Balaban J connectivity index is 2.40. The normalized spacial score (nSPS) is 12.6. The lowest BCUT2D eigenvalue weighted by atomic mass is 10.2. The van der Waals surface area contributed by atoms with Crippen molar-refractivity contribution in [3.05, 3.63) is 51.0 Å². The summed E-state index contributed by atoms with van der Waals surface area (Å²) in [6.45, 7) is 0. The summed E-state index contributed by atoms with van der Waals surface area (Å²) < 4.78 is 39.3. The summed E-state index contributed by atoms with van der Waals surface area (Å²) in [7, 11) is 0. The van der Waals surface area contributed by atoms with Gasteiger partial charge in [0.1, 0.15) is 29.2 Å². The summed E-state index contributed by atoms with van der Waals surface area (Å²) in [4.78, 5) is 3.70. The molecule has 0 aliphatic rings. The molecule has 0 radical (unpaired) electrons. The van der Waals surface area contributed by atoms with Gasteiger partial charge in [0.2, 0.25) is 0 Å². The molecular weight excluding hydrogens is 394 g/mol. The average molecular weight is 400 g/mol. The molecule has 0 bridgehead atoms. The number of benzene rings is 1. The second kappa shape index (κ2) is 7.44. The fourth-order valence-electron chi connectivity index (χ4n) is 1.74. The molecule has 0 aliphatic heterocycles. The van der Waals surface area contributed by atoms with Gasteiger partial charge in [-0.05, 0) is 12.1 Å². The third-order valence-electron chi connectivity index (χ3n) is 2.89. The van der Waals surface area contributed by atoms with E-state index >= 15 is 0 Å². The molecule has 1 aromatic heterocycles. The zero-order valence-electron chi connectivity index (χ0n) is 12.5. The average Bonchev–Trinajstić information content (AvgIpc) is 3.02. The van der Waals surface area contributed by atoms with E-state index in [0.29, 0.717) is 12.1 Å². The van der Waals surface area contributed by atoms with Gasteiger partial charge in [-0.2, -0.15) is 23.7 Å². The molecule has 0 saturated heterocycles. The molecule has 132 valence electrons. The summed E-state index contributed by atoms with van der Waals surface area (Å²) in [6.07, 6.45) is -2.24. The monoisotopic (exact) mass is 399 g/mol. The van der Waals surface area contributed by atoms with Crippen LogP contribution in [0.15, 0.2) is 34.7 Å². The van der Waals surface area contributed by atoms with Crippen molar-refractivity contribution >= 4 is 29.4 Å². The van der Waals surface area contributed by atoms with Crippen LogP contribution < -0.4 is 5.73 Å². The summed E-state index contributed by atoms with van der Waals surface area (Å²) >= 11 is 11.8. The quantitative estimate of drug-likeness (QED) is 0.627. The maximum absolute atomic E-state index is 12.8. The fourth-order valence-corrected chi connectivity index (χ4v) is 2.40. The number of nitrogens with two attached hydrogens (primary N) is 1. The van der Waals surface area contributed by atoms with Crippen molar-refractivity contribution in [3.8, 4) is 17.8 Å². The van der Waals surface area contributed by atoms with Gasteiger partial charge in [-0.15, -0.1) is 5.10 Å².